The van der Waals surface area contributed by atoms with E-state index in [9.17, 15) is 0 Å². The maximum absolute atomic E-state index is 8.77. The van der Waals surface area contributed by atoms with Gasteiger partial charge in [-0.2, -0.15) is 0 Å². The van der Waals surface area contributed by atoms with E-state index in [1.54, 1.807) is 0 Å². The molecule has 15 heavy (non-hydrogen) atoms. The third-order valence-electron chi connectivity index (χ3n) is 2.98. The summed E-state index contributed by atoms with van der Waals surface area (Å²) in [5, 5.41) is 8.77. The van der Waals surface area contributed by atoms with Crippen molar-refractivity contribution in [1.29, 1.82) is 0 Å². The van der Waals surface area contributed by atoms with Gasteiger partial charge in [-0.3, -0.25) is 0 Å². The molecule has 0 fully saturated rings. The molecule has 0 saturated heterocycles. The lowest BCUT2D eigenvalue weighted by atomic mass is 9.89. The van der Waals surface area contributed by atoms with Crippen LogP contribution in [0.15, 0.2) is 30.3 Å². The average Bonchev–Trinajstić information content (AvgIpc) is 2.27. The molecule has 0 saturated carbocycles. The van der Waals surface area contributed by atoms with Crippen LogP contribution in [-0.2, 0) is 0 Å². The molecular formula is C14H22O. The second-order valence-corrected chi connectivity index (χ2v) is 4.52. The lowest BCUT2D eigenvalue weighted by Gasteiger charge is -2.17. The third-order valence-corrected chi connectivity index (χ3v) is 2.98. The van der Waals surface area contributed by atoms with E-state index in [1.807, 2.05) is 0 Å². The van der Waals surface area contributed by atoms with Crippen LogP contribution in [0.4, 0.5) is 0 Å². The van der Waals surface area contributed by atoms with E-state index in [4.69, 9.17) is 5.11 Å². The molecule has 0 aliphatic carbocycles. The molecule has 1 aromatic rings. The van der Waals surface area contributed by atoms with Crippen LogP contribution >= 0.6 is 0 Å². The standard InChI is InChI=1S/C14H22O/c1-12(7-6-10-15)11-13(2)14-8-4-3-5-9-14/h3-5,8-9,12-13,15H,6-7,10-11H2,1-2H3. The number of hydrogen-bond acceptors (Lipinski definition) is 1. The van der Waals surface area contributed by atoms with Crippen LogP contribution in [0.25, 0.3) is 0 Å². The molecule has 0 aromatic heterocycles. The van der Waals surface area contributed by atoms with E-state index in [0.717, 1.165) is 12.8 Å². The van der Waals surface area contributed by atoms with E-state index >= 15 is 0 Å². The van der Waals surface area contributed by atoms with E-state index in [1.165, 1.54) is 12.0 Å². The summed E-state index contributed by atoms with van der Waals surface area (Å²) in [6, 6.07) is 10.7. The van der Waals surface area contributed by atoms with Gasteiger partial charge in [0.1, 0.15) is 0 Å². The first kappa shape index (κ1) is 12.3. The van der Waals surface area contributed by atoms with Crippen molar-refractivity contribution in [2.75, 3.05) is 6.61 Å². The number of hydrogen-bond donors (Lipinski definition) is 1. The number of aliphatic hydroxyl groups is 1. The summed E-state index contributed by atoms with van der Waals surface area (Å²) in [5.41, 5.74) is 1.42. The largest absolute Gasteiger partial charge is 0.396 e. The highest BCUT2D eigenvalue weighted by molar-refractivity contribution is 5.18. The minimum absolute atomic E-state index is 0.323. The molecule has 1 N–H and O–H groups in total. The van der Waals surface area contributed by atoms with Gasteiger partial charge in [0.05, 0.1) is 0 Å². The minimum Gasteiger partial charge on any atom is -0.396 e. The fraction of sp³-hybridized carbons (Fsp3) is 0.571. The lowest BCUT2D eigenvalue weighted by molar-refractivity contribution is 0.270. The fourth-order valence-corrected chi connectivity index (χ4v) is 2.08. The van der Waals surface area contributed by atoms with Crippen LogP contribution < -0.4 is 0 Å². The molecule has 1 aromatic carbocycles. The molecule has 1 nitrogen and oxygen atoms in total. The Kier molecular flexibility index (Phi) is 5.41. The first-order chi connectivity index (χ1) is 7.24. The molecule has 0 aliphatic rings. The van der Waals surface area contributed by atoms with Crippen LogP contribution in [0.2, 0.25) is 0 Å². The second-order valence-electron chi connectivity index (χ2n) is 4.52. The summed E-state index contributed by atoms with van der Waals surface area (Å²) in [6.07, 6.45) is 3.28. The van der Waals surface area contributed by atoms with Crippen molar-refractivity contribution in [1.82, 2.24) is 0 Å². The summed E-state index contributed by atoms with van der Waals surface area (Å²) in [6.45, 7) is 4.88. The molecular weight excluding hydrogens is 184 g/mol. The number of benzene rings is 1. The zero-order chi connectivity index (χ0) is 11.1. The highest BCUT2D eigenvalue weighted by Gasteiger charge is 2.09. The molecule has 1 rings (SSSR count). The molecule has 0 amide bonds. The zero-order valence-electron chi connectivity index (χ0n) is 9.82. The van der Waals surface area contributed by atoms with Gasteiger partial charge in [-0.15, -0.1) is 0 Å². The Morgan fingerprint density at radius 2 is 1.80 bits per heavy atom. The molecule has 2 unspecified atom stereocenters. The van der Waals surface area contributed by atoms with Crippen LogP contribution in [0.3, 0.4) is 0 Å². The summed E-state index contributed by atoms with van der Waals surface area (Å²) in [7, 11) is 0. The summed E-state index contributed by atoms with van der Waals surface area (Å²) in [5.74, 6) is 1.33. The molecule has 0 bridgehead atoms. The Labute approximate surface area is 93.1 Å². The predicted molar refractivity (Wildman–Crippen MR) is 65.0 cm³/mol. The van der Waals surface area contributed by atoms with Crippen molar-refractivity contribution in [3.63, 3.8) is 0 Å². The quantitative estimate of drug-likeness (QED) is 0.754. The number of rotatable bonds is 6. The van der Waals surface area contributed by atoms with Crippen molar-refractivity contribution in [2.24, 2.45) is 5.92 Å². The van der Waals surface area contributed by atoms with Crippen LogP contribution in [0, 0.1) is 5.92 Å². The molecule has 0 radical (unpaired) electrons. The van der Waals surface area contributed by atoms with Gasteiger partial charge in [-0.05, 0) is 36.7 Å². The molecule has 1 heteroatoms. The lowest BCUT2D eigenvalue weighted by Crippen LogP contribution is -2.03. The minimum atomic E-state index is 0.323. The van der Waals surface area contributed by atoms with E-state index in [0.29, 0.717) is 18.4 Å². The average molecular weight is 206 g/mol. The van der Waals surface area contributed by atoms with Crippen molar-refractivity contribution in [3.8, 4) is 0 Å². The molecule has 0 spiro atoms. The Hall–Kier alpha value is -0.820. The Bertz CT molecular complexity index is 255. The van der Waals surface area contributed by atoms with Gasteiger partial charge in [0, 0.05) is 6.61 Å². The van der Waals surface area contributed by atoms with Crippen molar-refractivity contribution < 1.29 is 5.11 Å². The normalized spacial score (nSPS) is 14.9. The molecule has 0 aliphatic heterocycles. The first-order valence-electron chi connectivity index (χ1n) is 5.90. The molecule has 0 heterocycles. The van der Waals surface area contributed by atoms with Crippen LogP contribution in [0.1, 0.15) is 44.6 Å². The summed E-state index contributed by atoms with van der Waals surface area (Å²) >= 11 is 0. The van der Waals surface area contributed by atoms with Gasteiger partial charge >= 0.3 is 0 Å². The van der Waals surface area contributed by atoms with Gasteiger partial charge < -0.3 is 5.11 Å². The number of aliphatic hydroxyl groups excluding tert-OH is 1. The summed E-state index contributed by atoms with van der Waals surface area (Å²) in [4.78, 5) is 0. The van der Waals surface area contributed by atoms with Gasteiger partial charge in [0.15, 0.2) is 0 Å². The second kappa shape index (κ2) is 6.62. The van der Waals surface area contributed by atoms with Gasteiger partial charge in [0.2, 0.25) is 0 Å². The third kappa shape index (κ3) is 4.48. The highest BCUT2D eigenvalue weighted by atomic mass is 16.2. The maximum Gasteiger partial charge on any atom is 0.0431 e. The Morgan fingerprint density at radius 3 is 2.40 bits per heavy atom. The Morgan fingerprint density at radius 1 is 1.13 bits per heavy atom. The van der Waals surface area contributed by atoms with E-state index in [-0.39, 0.29) is 0 Å². The zero-order valence-corrected chi connectivity index (χ0v) is 9.82. The van der Waals surface area contributed by atoms with Gasteiger partial charge in [-0.25, -0.2) is 0 Å². The monoisotopic (exact) mass is 206 g/mol. The van der Waals surface area contributed by atoms with Crippen LogP contribution in [-0.4, -0.2) is 11.7 Å². The molecule has 84 valence electrons. The van der Waals surface area contributed by atoms with E-state index in [2.05, 4.69) is 44.2 Å². The molecule has 2 atom stereocenters. The maximum atomic E-state index is 8.77. The van der Waals surface area contributed by atoms with Crippen molar-refractivity contribution in [3.05, 3.63) is 35.9 Å². The SMILES string of the molecule is CC(CCCO)CC(C)c1ccccc1. The van der Waals surface area contributed by atoms with Crippen molar-refractivity contribution in [2.45, 2.75) is 39.0 Å². The smallest absolute Gasteiger partial charge is 0.0431 e. The summed E-state index contributed by atoms with van der Waals surface area (Å²) < 4.78 is 0. The van der Waals surface area contributed by atoms with Gasteiger partial charge in [0.25, 0.3) is 0 Å². The predicted octanol–water partition coefficient (Wildman–Crippen LogP) is 3.59. The van der Waals surface area contributed by atoms with Crippen molar-refractivity contribution >= 4 is 0 Å². The topological polar surface area (TPSA) is 20.2 Å². The highest BCUT2D eigenvalue weighted by Crippen LogP contribution is 2.25. The van der Waals surface area contributed by atoms with Crippen LogP contribution in [0.5, 0.6) is 0 Å². The van der Waals surface area contributed by atoms with Gasteiger partial charge in [-0.1, -0.05) is 44.2 Å². The van der Waals surface area contributed by atoms with E-state index < -0.39 is 0 Å². The Balaban J connectivity index is 2.38. The first-order valence-corrected chi connectivity index (χ1v) is 5.90. The fourth-order valence-electron chi connectivity index (χ4n) is 2.08.